The van der Waals surface area contributed by atoms with Crippen LogP contribution in [0.15, 0.2) is 78.1 Å². The summed E-state index contributed by atoms with van der Waals surface area (Å²) in [5.41, 5.74) is 16.2. The second-order valence-electron chi connectivity index (χ2n) is 13.4. The van der Waals surface area contributed by atoms with Crippen LogP contribution in [0, 0.1) is 29.5 Å². The molecule has 0 aliphatic carbocycles. The quantitative estimate of drug-likeness (QED) is 0.163. The van der Waals surface area contributed by atoms with Crippen molar-refractivity contribution < 1.29 is 9.18 Å². The highest BCUT2D eigenvalue weighted by molar-refractivity contribution is 5.92. The summed E-state index contributed by atoms with van der Waals surface area (Å²) >= 11 is 0. The first kappa shape index (κ1) is 39.8. The minimum absolute atomic E-state index is 0.0579. The molecule has 46 heavy (non-hydrogen) atoms. The van der Waals surface area contributed by atoms with Crippen molar-refractivity contribution in [3.05, 3.63) is 117 Å². The molecule has 1 amide bonds. The van der Waals surface area contributed by atoms with E-state index in [2.05, 4.69) is 65.4 Å². The van der Waals surface area contributed by atoms with Crippen LogP contribution in [0.5, 0.6) is 0 Å². The van der Waals surface area contributed by atoms with Crippen LogP contribution >= 0.6 is 0 Å². The van der Waals surface area contributed by atoms with E-state index in [-0.39, 0.29) is 23.0 Å². The lowest BCUT2D eigenvalue weighted by Gasteiger charge is -2.05. The number of nitrogens with one attached hydrogen (secondary N) is 1. The number of H-pyrrole nitrogens is 1. The van der Waals surface area contributed by atoms with Crippen LogP contribution in [0.25, 0.3) is 0 Å². The van der Waals surface area contributed by atoms with Gasteiger partial charge in [0, 0.05) is 36.8 Å². The Kier molecular flexibility index (Phi) is 18.0. The highest BCUT2D eigenvalue weighted by Gasteiger charge is 2.03. The van der Waals surface area contributed by atoms with Crippen molar-refractivity contribution in [2.45, 2.75) is 81.1 Å². The molecule has 0 aliphatic rings. The Labute approximate surface area is 275 Å². The summed E-state index contributed by atoms with van der Waals surface area (Å²) in [4.78, 5) is 28.9. The number of rotatable bonds is 9. The van der Waals surface area contributed by atoms with Crippen molar-refractivity contribution in [1.82, 2.24) is 14.5 Å². The molecule has 0 radical (unpaired) electrons. The highest BCUT2D eigenvalue weighted by Crippen LogP contribution is 2.15. The average molecular weight is 634 g/mol. The van der Waals surface area contributed by atoms with E-state index in [0.29, 0.717) is 29.2 Å². The van der Waals surface area contributed by atoms with Crippen LogP contribution in [0.2, 0.25) is 0 Å². The fourth-order valence-corrected chi connectivity index (χ4v) is 4.59. The molecule has 0 unspecified atom stereocenters. The van der Waals surface area contributed by atoms with Crippen LogP contribution in [0.4, 0.5) is 10.1 Å². The number of nitrogens with two attached hydrogens (primary N) is 2. The monoisotopic (exact) mass is 633 g/mol. The summed E-state index contributed by atoms with van der Waals surface area (Å²) in [6, 6.07) is 15.9. The number of nitrogen functional groups attached to an aromatic ring is 1. The van der Waals surface area contributed by atoms with Crippen molar-refractivity contribution in [3.8, 4) is 0 Å². The van der Waals surface area contributed by atoms with E-state index in [4.69, 9.17) is 11.5 Å². The van der Waals surface area contributed by atoms with Gasteiger partial charge in [-0.1, -0.05) is 79.7 Å². The predicted octanol–water partition coefficient (Wildman–Crippen LogP) is 7.78. The Hall–Kier alpha value is -4.20. The molecular weight excluding hydrogens is 577 g/mol. The maximum Gasteiger partial charge on any atom is 0.250 e. The number of nitrogens with zero attached hydrogens (tertiary/aromatic N) is 2. The van der Waals surface area contributed by atoms with Crippen molar-refractivity contribution >= 4 is 11.6 Å². The van der Waals surface area contributed by atoms with E-state index in [9.17, 15) is 14.0 Å². The first-order valence-corrected chi connectivity index (χ1v) is 16.1. The van der Waals surface area contributed by atoms with Gasteiger partial charge < -0.3 is 21.0 Å². The Balaban J connectivity index is 0.000000309. The first-order chi connectivity index (χ1) is 21.6. The summed E-state index contributed by atoms with van der Waals surface area (Å²) in [5, 5.41) is 0. The molecule has 2 aromatic carbocycles. The largest absolute Gasteiger partial charge is 0.396 e. The summed E-state index contributed by atoms with van der Waals surface area (Å²) < 4.78 is 14.3. The number of benzene rings is 2. The lowest BCUT2D eigenvalue weighted by molar-refractivity contribution is 0.1000. The number of hydrogen-bond acceptors (Lipinski definition) is 4. The van der Waals surface area contributed by atoms with Crippen LogP contribution < -0.4 is 17.0 Å². The van der Waals surface area contributed by atoms with Gasteiger partial charge in [-0.05, 0) is 90.3 Å². The van der Waals surface area contributed by atoms with Gasteiger partial charge in [0.05, 0.1) is 12.0 Å². The molecule has 4 aromatic rings. The molecule has 8 heteroatoms. The zero-order valence-electron chi connectivity index (χ0n) is 29.3. The standard InChI is InChI=1S/C11H15NO.C10H14FN.C10H15NO.C7H12N2/c1-8(2)6-9-4-3-5-10(7-9)11(12)13;1-7(2)5-8-3-4-9(11)10(12)6-8;1-8(2)6-9-4-5-10(12)11(3)7-9;1-6(2)3-7-4-8-5-9-7/h3-5,7-8H,6H2,1-2H3,(H2,12,13);3-4,6-7H,5,12H2,1-2H3;4-5,7-8H,6H2,1-3H3;4-6H,3H2,1-2H3,(H,8,9). The van der Waals surface area contributed by atoms with Crippen molar-refractivity contribution in [1.29, 1.82) is 0 Å². The molecule has 0 fully saturated rings. The van der Waals surface area contributed by atoms with E-state index in [0.717, 1.165) is 31.2 Å². The third kappa shape index (κ3) is 17.3. The summed E-state index contributed by atoms with van der Waals surface area (Å²) in [5.74, 6) is 1.85. The van der Waals surface area contributed by atoms with Gasteiger partial charge >= 0.3 is 0 Å². The fourth-order valence-electron chi connectivity index (χ4n) is 4.59. The lowest BCUT2D eigenvalue weighted by atomic mass is 10.0. The third-order valence-corrected chi connectivity index (χ3v) is 6.53. The average Bonchev–Trinajstić information content (AvgIpc) is 3.46. The molecule has 0 spiro atoms. The molecular formula is C38H56FN5O2. The van der Waals surface area contributed by atoms with Gasteiger partial charge in [0.2, 0.25) is 11.5 Å². The molecule has 0 saturated carbocycles. The van der Waals surface area contributed by atoms with Crippen LogP contribution in [0.1, 0.15) is 88.1 Å². The van der Waals surface area contributed by atoms with Crippen molar-refractivity contribution in [2.24, 2.45) is 36.5 Å². The van der Waals surface area contributed by atoms with E-state index in [1.54, 1.807) is 42.2 Å². The number of carbonyl (C=O) groups excluding carboxylic acids is 1. The number of aromatic nitrogens is 3. The van der Waals surface area contributed by atoms with Gasteiger partial charge in [-0.2, -0.15) is 0 Å². The molecule has 7 nitrogen and oxygen atoms in total. The molecule has 0 aliphatic heterocycles. The van der Waals surface area contributed by atoms with Gasteiger partial charge in [0.15, 0.2) is 0 Å². The number of primary amides is 1. The Morgan fingerprint density at radius 1 is 0.804 bits per heavy atom. The molecule has 4 rings (SSSR count). The van der Waals surface area contributed by atoms with E-state index >= 15 is 0 Å². The molecule has 2 heterocycles. The molecule has 5 N–H and O–H groups in total. The fraction of sp³-hybridized carbons (Fsp3) is 0.447. The SMILES string of the molecule is CC(C)Cc1ccc(=O)n(C)c1.CC(C)Cc1ccc(F)c(N)c1.CC(C)Cc1cccc(C(N)=O)c1.CC(C)Cc1cnc[nH]1. The minimum atomic E-state index is -0.356. The molecule has 252 valence electrons. The first-order valence-electron chi connectivity index (χ1n) is 16.1. The smallest absolute Gasteiger partial charge is 0.250 e. The third-order valence-electron chi connectivity index (χ3n) is 6.53. The number of anilines is 1. The molecule has 2 aromatic heterocycles. The van der Waals surface area contributed by atoms with E-state index < -0.39 is 0 Å². The molecule has 0 atom stereocenters. The summed E-state index contributed by atoms with van der Waals surface area (Å²) in [7, 11) is 1.78. The van der Waals surface area contributed by atoms with Gasteiger partial charge in [-0.3, -0.25) is 9.59 Å². The van der Waals surface area contributed by atoms with Crippen LogP contribution in [0.3, 0.4) is 0 Å². The highest BCUT2D eigenvalue weighted by atomic mass is 19.1. The number of halogens is 1. The summed E-state index contributed by atoms with van der Waals surface area (Å²) in [6.07, 6.45) is 9.57. The van der Waals surface area contributed by atoms with Gasteiger partial charge in [0.1, 0.15) is 5.82 Å². The minimum Gasteiger partial charge on any atom is -0.396 e. The number of amides is 1. The Bertz CT molecular complexity index is 1490. The zero-order chi connectivity index (χ0) is 34.8. The lowest BCUT2D eigenvalue weighted by Crippen LogP contribution is -2.15. The van der Waals surface area contributed by atoms with Gasteiger partial charge in [-0.15, -0.1) is 0 Å². The Morgan fingerprint density at radius 3 is 1.83 bits per heavy atom. The van der Waals surface area contributed by atoms with Gasteiger partial charge in [-0.25, -0.2) is 9.37 Å². The van der Waals surface area contributed by atoms with Gasteiger partial charge in [0.25, 0.3) is 0 Å². The number of aromatic amines is 1. The van der Waals surface area contributed by atoms with E-state index in [1.165, 1.54) is 22.9 Å². The topological polar surface area (TPSA) is 120 Å². The number of aryl methyl sites for hydroxylation is 1. The van der Waals surface area contributed by atoms with Crippen LogP contribution in [-0.4, -0.2) is 20.4 Å². The number of pyridine rings is 1. The number of imidazole rings is 1. The van der Waals surface area contributed by atoms with E-state index in [1.807, 2.05) is 36.7 Å². The van der Waals surface area contributed by atoms with Crippen molar-refractivity contribution in [3.63, 3.8) is 0 Å². The second-order valence-corrected chi connectivity index (χ2v) is 13.4. The molecule has 0 saturated heterocycles. The van der Waals surface area contributed by atoms with Crippen LogP contribution in [-0.2, 0) is 32.7 Å². The molecule has 0 bridgehead atoms. The normalized spacial score (nSPS) is 10.6. The Morgan fingerprint density at radius 2 is 1.35 bits per heavy atom. The summed E-state index contributed by atoms with van der Waals surface area (Å²) in [6.45, 7) is 17.3. The predicted molar refractivity (Wildman–Crippen MR) is 190 cm³/mol. The maximum absolute atomic E-state index is 12.7. The van der Waals surface area contributed by atoms with Crippen molar-refractivity contribution in [2.75, 3.05) is 5.73 Å². The maximum atomic E-state index is 12.7. The zero-order valence-corrected chi connectivity index (χ0v) is 29.3. The number of hydrogen-bond donors (Lipinski definition) is 3. The second kappa shape index (κ2) is 20.8. The number of carbonyl (C=O) groups is 1.